The number of rotatable bonds is 8. The van der Waals surface area contributed by atoms with Crippen LogP contribution in [0, 0.1) is 5.82 Å². The molecule has 0 aromatic heterocycles. The maximum Gasteiger partial charge on any atom is 0.341 e. The molecule has 0 fully saturated rings. The third kappa shape index (κ3) is 5.76. The molecule has 0 spiro atoms. The number of halogens is 1. The van der Waals surface area contributed by atoms with Crippen LogP contribution in [-0.4, -0.2) is 23.5 Å². The minimum Gasteiger partial charge on any atom is -0.458 e. The number of carbonyl (C=O) groups is 1. The molecular weight excluding hydrogens is 353 g/mol. The molecule has 0 aliphatic carbocycles. The highest BCUT2D eigenvalue weighted by Gasteiger charge is 2.18. The first-order valence-corrected chi connectivity index (χ1v) is 9.37. The molecule has 0 unspecified atom stereocenters. The van der Waals surface area contributed by atoms with Crippen molar-refractivity contribution in [2.45, 2.75) is 26.1 Å². The van der Waals surface area contributed by atoms with Gasteiger partial charge in [0.15, 0.2) is 0 Å². The zero-order chi connectivity index (χ0) is 19.8. The van der Waals surface area contributed by atoms with Gasteiger partial charge in [-0.3, -0.25) is 4.90 Å². The van der Waals surface area contributed by atoms with E-state index in [1.807, 2.05) is 43.3 Å². The first-order valence-electron chi connectivity index (χ1n) is 9.37. The van der Waals surface area contributed by atoms with Gasteiger partial charge in [-0.15, -0.1) is 0 Å². The number of hydrogen-bond donors (Lipinski definition) is 0. The summed E-state index contributed by atoms with van der Waals surface area (Å²) in [6.07, 6.45) is -0.375. The maximum absolute atomic E-state index is 13.8. The largest absolute Gasteiger partial charge is 0.458 e. The molecule has 1 atom stereocenters. The average Bonchev–Trinajstić information content (AvgIpc) is 2.69. The van der Waals surface area contributed by atoms with Crippen LogP contribution in [0.25, 0.3) is 0 Å². The van der Waals surface area contributed by atoms with Gasteiger partial charge in [0.2, 0.25) is 0 Å². The third-order valence-corrected chi connectivity index (χ3v) is 4.42. The molecule has 144 valence electrons. The Morgan fingerprint density at radius 1 is 0.857 bits per heavy atom. The van der Waals surface area contributed by atoms with Gasteiger partial charge in [0.05, 0.1) is 5.56 Å². The summed E-state index contributed by atoms with van der Waals surface area (Å²) in [4.78, 5) is 14.5. The van der Waals surface area contributed by atoms with E-state index in [-0.39, 0.29) is 11.7 Å². The van der Waals surface area contributed by atoms with Crippen LogP contribution in [0.4, 0.5) is 4.39 Å². The van der Waals surface area contributed by atoms with Gasteiger partial charge in [-0.05, 0) is 30.2 Å². The van der Waals surface area contributed by atoms with Crippen molar-refractivity contribution in [1.82, 2.24) is 4.90 Å². The fraction of sp³-hybridized carbons (Fsp3) is 0.208. The molecule has 3 aromatic rings. The molecule has 0 saturated carbocycles. The van der Waals surface area contributed by atoms with Crippen LogP contribution in [0.15, 0.2) is 84.9 Å². The number of hydrogen-bond acceptors (Lipinski definition) is 3. The second kappa shape index (κ2) is 9.81. The Kier molecular flexibility index (Phi) is 6.93. The molecule has 4 heteroatoms. The number of carbonyl (C=O) groups excluding carboxylic acids is 1. The van der Waals surface area contributed by atoms with Crippen molar-refractivity contribution < 1.29 is 13.9 Å². The molecule has 3 aromatic carbocycles. The lowest BCUT2D eigenvalue weighted by molar-refractivity contribution is 0.0232. The van der Waals surface area contributed by atoms with Gasteiger partial charge in [-0.25, -0.2) is 9.18 Å². The van der Waals surface area contributed by atoms with Gasteiger partial charge in [0.25, 0.3) is 0 Å². The lowest BCUT2D eigenvalue weighted by atomic mass is 10.1. The summed E-state index contributed by atoms with van der Waals surface area (Å²) < 4.78 is 19.3. The Labute approximate surface area is 165 Å². The minimum atomic E-state index is -0.634. The summed E-state index contributed by atoms with van der Waals surface area (Å²) in [6, 6.07) is 26.2. The van der Waals surface area contributed by atoms with E-state index in [0.717, 1.165) is 13.1 Å². The smallest absolute Gasteiger partial charge is 0.341 e. The monoisotopic (exact) mass is 377 g/mol. The van der Waals surface area contributed by atoms with Crippen LogP contribution >= 0.6 is 0 Å². The van der Waals surface area contributed by atoms with E-state index in [1.54, 1.807) is 12.1 Å². The molecule has 28 heavy (non-hydrogen) atoms. The molecular formula is C24H24FNO2. The highest BCUT2D eigenvalue weighted by molar-refractivity contribution is 5.89. The first-order chi connectivity index (χ1) is 13.6. The Morgan fingerprint density at radius 3 is 1.89 bits per heavy atom. The highest BCUT2D eigenvalue weighted by Crippen LogP contribution is 2.14. The molecule has 0 radical (unpaired) electrons. The van der Waals surface area contributed by atoms with E-state index < -0.39 is 11.8 Å². The molecule has 3 rings (SSSR count). The van der Waals surface area contributed by atoms with Crippen LogP contribution in [0.2, 0.25) is 0 Å². The molecule has 0 aliphatic rings. The lowest BCUT2D eigenvalue weighted by Gasteiger charge is -2.26. The average molecular weight is 377 g/mol. The van der Waals surface area contributed by atoms with Crippen molar-refractivity contribution in [2.75, 3.05) is 6.54 Å². The summed E-state index contributed by atoms with van der Waals surface area (Å²) >= 11 is 0. The Morgan fingerprint density at radius 2 is 1.36 bits per heavy atom. The van der Waals surface area contributed by atoms with E-state index >= 15 is 0 Å². The van der Waals surface area contributed by atoms with Gasteiger partial charge in [-0.2, -0.15) is 0 Å². The maximum atomic E-state index is 13.8. The predicted octanol–water partition coefficient (Wildman–Crippen LogP) is 5.07. The highest BCUT2D eigenvalue weighted by atomic mass is 19.1. The Hall–Kier alpha value is -2.98. The minimum absolute atomic E-state index is 0.0352. The predicted molar refractivity (Wildman–Crippen MR) is 108 cm³/mol. The molecule has 0 bridgehead atoms. The zero-order valence-corrected chi connectivity index (χ0v) is 15.9. The van der Waals surface area contributed by atoms with Crippen LogP contribution < -0.4 is 0 Å². The normalized spacial score (nSPS) is 12.0. The number of esters is 1. The first kappa shape index (κ1) is 19.8. The Balaban J connectivity index is 1.67. The van der Waals surface area contributed by atoms with Crippen molar-refractivity contribution in [1.29, 1.82) is 0 Å². The van der Waals surface area contributed by atoms with Gasteiger partial charge in [-0.1, -0.05) is 72.8 Å². The van der Waals surface area contributed by atoms with Gasteiger partial charge in [0, 0.05) is 19.6 Å². The summed E-state index contributed by atoms with van der Waals surface area (Å²) in [5, 5.41) is 0. The number of nitrogens with zero attached hydrogens (tertiary/aromatic N) is 1. The van der Waals surface area contributed by atoms with Crippen molar-refractivity contribution in [2.24, 2.45) is 0 Å². The third-order valence-electron chi connectivity index (χ3n) is 4.42. The van der Waals surface area contributed by atoms with Crippen molar-refractivity contribution in [3.05, 3.63) is 107 Å². The molecule has 0 heterocycles. The van der Waals surface area contributed by atoms with Gasteiger partial charge >= 0.3 is 5.97 Å². The quantitative estimate of drug-likeness (QED) is 0.513. The second-order valence-electron chi connectivity index (χ2n) is 6.84. The van der Waals surface area contributed by atoms with E-state index in [0.29, 0.717) is 6.54 Å². The van der Waals surface area contributed by atoms with Crippen molar-refractivity contribution in [3.63, 3.8) is 0 Å². The fourth-order valence-electron chi connectivity index (χ4n) is 3.14. The fourth-order valence-corrected chi connectivity index (χ4v) is 3.14. The van der Waals surface area contributed by atoms with Crippen molar-refractivity contribution >= 4 is 5.97 Å². The number of ether oxygens (including phenoxy) is 1. The van der Waals surface area contributed by atoms with E-state index in [1.165, 1.54) is 23.3 Å². The van der Waals surface area contributed by atoms with Gasteiger partial charge in [0.1, 0.15) is 11.9 Å². The van der Waals surface area contributed by atoms with E-state index in [4.69, 9.17) is 4.74 Å². The molecule has 0 aliphatic heterocycles. The molecule has 0 N–H and O–H groups in total. The molecule has 0 saturated heterocycles. The standard InChI is InChI=1S/C24H24FNO2/c1-19(28-24(27)22-14-8-9-15-23(22)25)16-26(17-20-10-4-2-5-11-20)18-21-12-6-3-7-13-21/h2-15,19H,16-18H2,1H3/t19-/m0/s1. The topological polar surface area (TPSA) is 29.5 Å². The summed E-state index contributed by atoms with van der Waals surface area (Å²) in [5.41, 5.74) is 2.34. The molecule has 0 amide bonds. The number of benzene rings is 3. The summed E-state index contributed by atoms with van der Waals surface area (Å²) in [7, 11) is 0. The summed E-state index contributed by atoms with van der Waals surface area (Å²) in [6.45, 7) is 3.85. The van der Waals surface area contributed by atoms with Crippen LogP contribution in [-0.2, 0) is 17.8 Å². The second-order valence-corrected chi connectivity index (χ2v) is 6.84. The summed E-state index contributed by atoms with van der Waals surface area (Å²) in [5.74, 6) is -1.20. The SMILES string of the molecule is C[C@@H](CN(Cc1ccccc1)Cc1ccccc1)OC(=O)c1ccccc1F. The van der Waals surface area contributed by atoms with E-state index in [2.05, 4.69) is 29.2 Å². The lowest BCUT2D eigenvalue weighted by Crippen LogP contribution is -2.33. The van der Waals surface area contributed by atoms with Crippen LogP contribution in [0.3, 0.4) is 0 Å². The zero-order valence-electron chi connectivity index (χ0n) is 15.9. The Bertz CT molecular complexity index is 842. The van der Waals surface area contributed by atoms with Crippen LogP contribution in [0.5, 0.6) is 0 Å². The van der Waals surface area contributed by atoms with Crippen LogP contribution in [0.1, 0.15) is 28.4 Å². The molecule has 3 nitrogen and oxygen atoms in total. The van der Waals surface area contributed by atoms with Gasteiger partial charge < -0.3 is 4.74 Å². The van der Waals surface area contributed by atoms with Crippen molar-refractivity contribution in [3.8, 4) is 0 Å². The van der Waals surface area contributed by atoms with E-state index in [9.17, 15) is 9.18 Å².